The lowest BCUT2D eigenvalue weighted by Gasteiger charge is -2.09. The molecule has 3 aromatic heterocycles. The van der Waals surface area contributed by atoms with Crippen molar-refractivity contribution in [3.63, 3.8) is 0 Å². The third kappa shape index (κ3) is 6.22. The predicted octanol–water partition coefficient (Wildman–Crippen LogP) is 6.47. The van der Waals surface area contributed by atoms with Gasteiger partial charge in [0.1, 0.15) is 12.0 Å². The number of aromatic nitrogens is 3. The van der Waals surface area contributed by atoms with Crippen LogP contribution in [0.1, 0.15) is 18.1 Å². The Balaban J connectivity index is 1.45. The minimum atomic E-state index is -4.41. The molecule has 172 valence electrons. The highest BCUT2D eigenvalue weighted by Crippen LogP contribution is 2.40. The van der Waals surface area contributed by atoms with Gasteiger partial charge in [0.15, 0.2) is 5.01 Å². The summed E-state index contributed by atoms with van der Waals surface area (Å²) in [5.74, 6) is 1.29. The van der Waals surface area contributed by atoms with Crippen LogP contribution in [0.3, 0.4) is 0 Å². The molecule has 0 saturated heterocycles. The first-order valence-electron chi connectivity index (χ1n) is 9.66. The van der Waals surface area contributed by atoms with Crippen LogP contribution in [-0.2, 0) is 11.9 Å². The second-order valence-corrected chi connectivity index (χ2v) is 9.80. The Labute approximate surface area is 199 Å². The average molecular weight is 510 g/mol. The van der Waals surface area contributed by atoms with Crippen LogP contribution < -0.4 is 10.6 Å². The number of aliphatic hydroxyl groups excluding tert-OH is 1. The number of benzene rings is 1. The number of aliphatic hydroxyl groups is 1. The molecule has 3 heterocycles. The molecular weight excluding hydrogens is 491 g/mol. The highest BCUT2D eigenvalue weighted by atomic mass is 32.2. The molecule has 3 N–H and O–H groups in total. The van der Waals surface area contributed by atoms with Crippen LogP contribution in [0.2, 0.25) is 0 Å². The van der Waals surface area contributed by atoms with E-state index in [9.17, 15) is 18.3 Å². The lowest BCUT2D eigenvalue weighted by atomic mass is 10.2. The number of pyridine rings is 1. The maximum atomic E-state index is 12.9. The average Bonchev–Trinajstić information content (AvgIpc) is 3.41. The number of thiophene rings is 1. The summed E-state index contributed by atoms with van der Waals surface area (Å²) in [5, 5.41) is 26.6. The van der Waals surface area contributed by atoms with Crippen LogP contribution in [0, 0.1) is 0 Å². The molecule has 0 aliphatic rings. The summed E-state index contributed by atoms with van der Waals surface area (Å²) in [4.78, 5) is 6.16. The molecule has 12 heteroatoms. The van der Waals surface area contributed by atoms with Gasteiger partial charge in [-0.25, -0.2) is 4.98 Å². The summed E-state index contributed by atoms with van der Waals surface area (Å²) < 4.78 is 38.8. The van der Waals surface area contributed by atoms with E-state index in [0.717, 1.165) is 27.5 Å². The van der Waals surface area contributed by atoms with Crippen molar-refractivity contribution in [2.24, 2.45) is 0 Å². The Morgan fingerprint density at radius 2 is 2.00 bits per heavy atom. The molecule has 0 radical (unpaired) electrons. The third-order valence-corrected chi connectivity index (χ3v) is 7.43. The molecule has 33 heavy (non-hydrogen) atoms. The van der Waals surface area contributed by atoms with Crippen molar-refractivity contribution in [2.75, 3.05) is 10.6 Å². The van der Waals surface area contributed by atoms with Gasteiger partial charge < -0.3 is 15.7 Å². The summed E-state index contributed by atoms with van der Waals surface area (Å²) in [6.45, 7) is 1.62. The molecule has 1 atom stereocenters. The topological polar surface area (TPSA) is 83.0 Å². The summed E-state index contributed by atoms with van der Waals surface area (Å²) in [6.07, 6.45) is -3.42. The maximum Gasteiger partial charge on any atom is 0.416 e. The van der Waals surface area contributed by atoms with Gasteiger partial charge in [-0.05, 0) is 54.3 Å². The molecular formula is C21H18F3N5OS3. The van der Waals surface area contributed by atoms with Gasteiger partial charge in [0.25, 0.3) is 0 Å². The Hall–Kier alpha value is -2.67. The van der Waals surface area contributed by atoms with E-state index < -0.39 is 18.0 Å². The fourth-order valence-corrected chi connectivity index (χ4v) is 5.87. The first-order valence-corrected chi connectivity index (χ1v) is 12.3. The quantitative estimate of drug-likeness (QED) is 0.186. The molecule has 6 nitrogen and oxygen atoms in total. The largest absolute Gasteiger partial charge is 0.416 e. The minimum absolute atomic E-state index is 0.299. The van der Waals surface area contributed by atoms with Gasteiger partial charge in [0.2, 0.25) is 5.13 Å². The molecule has 0 amide bonds. The van der Waals surface area contributed by atoms with Gasteiger partial charge in [-0.1, -0.05) is 17.4 Å². The number of thioether (sulfide) groups is 1. The summed E-state index contributed by atoms with van der Waals surface area (Å²) in [6, 6.07) is 10.8. The van der Waals surface area contributed by atoms with E-state index in [1.54, 1.807) is 30.9 Å². The van der Waals surface area contributed by atoms with Gasteiger partial charge in [-0.2, -0.15) is 13.2 Å². The zero-order chi connectivity index (χ0) is 23.4. The monoisotopic (exact) mass is 509 g/mol. The third-order valence-electron chi connectivity index (χ3n) is 4.26. The van der Waals surface area contributed by atoms with Crippen molar-refractivity contribution in [3.05, 3.63) is 65.2 Å². The van der Waals surface area contributed by atoms with Crippen LogP contribution in [0.4, 0.5) is 29.8 Å². The summed E-state index contributed by atoms with van der Waals surface area (Å²) in [5.41, 5.74) is 0.615. The smallest absolute Gasteiger partial charge is 0.374 e. The van der Waals surface area contributed by atoms with Gasteiger partial charge in [0, 0.05) is 22.5 Å². The Morgan fingerprint density at radius 1 is 1.15 bits per heavy atom. The van der Waals surface area contributed by atoms with Crippen molar-refractivity contribution in [3.8, 4) is 9.88 Å². The molecule has 0 spiro atoms. The predicted molar refractivity (Wildman–Crippen MR) is 127 cm³/mol. The molecule has 1 unspecified atom stereocenters. The number of nitrogens with one attached hydrogen (secondary N) is 2. The van der Waals surface area contributed by atoms with E-state index >= 15 is 0 Å². The molecule has 0 fully saturated rings. The van der Waals surface area contributed by atoms with Crippen molar-refractivity contribution < 1.29 is 18.3 Å². The van der Waals surface area contributed by atoms with Gasteiger partial charge in [-0.15, -0.1) is 33.3 Å². The number of hydrogen-bond acceptors (Lipinski definition) is 9. The fourth-order valence-electron chi connectivity index (χ4n) is 2.85. The number of halogens is 3. The Bertz CT molecular complexity index is 1230. The molecule has 0 aliphatic carbocycles. The Morgan fingerprint density at radius 3 is 2.79 bits per heavy atom. The van der Waals surface area contributed by atoms with Crippen LogP contribution in [0.15, 0.2) is 58.9 Å². The first-order chi connectivity index (χ1) is 15.8. The Kier molecular flexibility index (Phi) is 7.17. The SMILES string of the molecule is CC(O)Nc1cc(CSc2ccsc2-c2nnc(Nc3cccc(C(F)(F)F)c3)s2)ccn1. The van der Waals surface area contributed by atoms with E-state index in [2.05, 4.69) is 25.8 Å². The van der Waals surface area contributed by atoms with E-state index in [0.29, 0.717) is 27.4 Å². The minimum Gasteiger partial charge on any atom is -0.374 e. The molecule has 1 aromatic carbocycles. The zero-order valence-electron chi connectivity index (χ0n) is 17.1. The number of alkyl halides is 3. The summed E-state index contributed by atoms with van der Waals surface area (Å²) >= 11 is 4.44. The molecule has 0 saturated carbocycles. The lowest BCUT2D eigenvalue weighted by Crippen LogP contribution is -2.14. The van der Waals surface area contributed by atoms with Crippen molar-refractivity contribution >= 4 is 51.1 Å². The standard InChI is InChI=1S/C21H18F3N5OS3/c1-12(30)26-17-9-13(5-7-25-17)11-32-16-6-8-31-18(16)19-28-29-20(33-19)27-15-4-2-3-14(10-15)21(22,23)24/h2-10,12,30H,11H2,1H3,(H,25,26)(H,27,29). The van der Waals surface area contributed by atoms with Gasteiger partial charge >= 0.3 is 6.18 Å². The van der Waals surface area contributed by atoms with Crippen molar-refractivity contribution in [2.45, 2.75) is 30.0 Å². The van der Waals surface area contributed by atoms with Crippen LogP contribution >= 0.6 is 34.4 Å². The van der Waals surface area contributed by atoms with Crippen molar-refractivity contribution in [1.29, 1.82) is 0 Å². The zero-order valence-corrected chi connectivity index (χ0v) is 19.6. The first kappa shape index (κ1) is 23.5. The maximum absolute atomic E-state index is 12.9. The number of anilines is 3. The molecule has 0 aliphatic heterocycles. The van der Waals surface area contributed by atoms with E-state index in [4.69, 9.17) is 0 Å². The van der Waals surface area contributed by atoms with Gasteiger partial charge in [-0.3, -0.25) is 0 Å². The second kappa shape index (κ2) is 10.1. The van der Waals surface area contributed by atoms with E-state index in [-0.39, 0.29) is 0 Å². The van der Waals surface area contributed by atoms with Gasteiger partial charge in [0.05, 0.1) is 10.4 Å². The number of nitrogens with zero attached hydrogens (tertiary/aromatic N) is 3. The highest BCUT2D eigenvalue weighted by molar-refractivity contribution is 7.98. The molecule has 4 aromatic rings. The summed E-state index contributed by atoms with van der Waals surface area (Å²) in [7, 11) is 0. The second-order valence-electron chi connectivity index (χ2n) is 6.89. The van der Waals surface area contributed by atoms with E-state index in [1.807, 2.05) is 23.6 Å². The number of hydrogen-bond donors (Lipinski definition) is 3. The van der Waals surface area contributed by atoms with Crippen LogP contribution in [-0.4, -0.2) is 26.5 Å². The normalized spacial score (nSPS) is 12.5. The number of rotatable bonds is 8. The fraction of sp³-hybridized carbons (Fsp3) is 0.190. The highest BCUT2D eigenvalue weighted by Gasteiger charge is 2.30. The lowest BCUT2D eigenvalue weighted by molar-refractivity contribution is -0.137. The van der Waals surface area contributed by atoms with E-state index in [1.165, 1.54) is 28.7 Å². The van der Waals surface area contributed by atoms with Crippen LogP contribution in [0.25, 0.3) is 9.88 Å². The van der Waals surface area contributed by atoms with Crippen LogP contribution in [0.5, 0.6) is 0 Å². The molecule has 4 rings (SSSR count). The molecule has 0 bridgehead atoms. The van der Waals surface area contributed by atoms with Crippen molar-refractivity contribution in [1.82, 2.24) is 15.2 Å².